The summed E-state index contributed by atoms with van der Waals surface area (Å²) in [5.41, 5.74) is 2.80. The fourth-order valence-electron chi connectivity index (χ4n) is 3.71. The highest BCUT2D eigenvalue weighted by molar-refractivity contribution is 7.89. The highest BCUT2D eigenvalue weighted by Crippen LogP contribution is 2.25. The third kappa shape index (κ3) is 4.49. The number of sulfonamides is 1. The van der Waals surface area contributed by atoms with E-state index < -0.39 is 22.1 Å². The molecule has 0 bridgehead atoms. The molecular formula is C25H23NO5S. The normalized spacial score (nSPS) is 14.9. The molecule has 0 aliphatic carbocycles. The van der Waals surface area contributed by atoms with Gasteiger partial charge in [0.2, 0.25) is 15.8 Å². The number of ether oxygens (including phenoxy) is 1. The van der Waals surface area contributed by atoms with Crippen LogP contribution in [-0.4, -0.2) is 37.1 Å². The molecule has 1 aliphatic rings. The SMILES string of the molecule is CC(OC(=O)c1ccc(S(=O)(=O)N2CCc3ccccc3C2)cc1)C(=O)c1ccccc1. The molecule has 32 heavy (non-hydrogen) atoms. The molecular weight excluding hydrogens is 426 g/mol. The molecule has 0 fully saturated rings. The van der Waals surface area contributed by atoms with Crippen LogP contribution in [0.1, 0.15) is 38.8 Å². The molecule has 1 aliphatic heterocycles. The second kappa shape index (κ2) is 9.06. The van der Waals surface area contributed by atoms with Crippen LogP contribution in [0.15, 0.2) is 83.8 Å². The molecule has 0 radical (unpaired) electrons. The van der Waals surface area contributed by atoms with Gasteiger partial charge >= 0.3 is 5.97 Å². The lowest BCUT2D eigenvalue weighted by Crippen LogP contribution is -2.35. The summed E-state index contributed by atoms with van der Waals surface area (Å²) < 4.78 is 32.9. The van der Waals surface area contributed by atoms with Crippen molar-refractivity contribution in [2.24, 2.45) is 0 Å². The molecule has 0 saturated heterocycles. The first-order valence-electron chi connectivity index (χ1n) is 10.3. The van der Waals surface area contributed by atoms with Crippen LogP contribution in [-0.2, 0) is 27.7 Å². The number of Topliss-reactive ketones (excluding diaryl/α,β-unsaturated/α-hetero) is 1. The third-order valence-electron chi connectivity index (χ3n) is 5.53. The molecule has 3 aromatic carbocycles. The zero-order chi connectivity index (χ0) is 22.7. The summed E-state index contributed by atoms with van der Waals surface area (Å²) >= 11 is 0. The maximum atomic E-state index is 13.1. The van der Waals surface area contributed by atoms with Gasteiger partial charge in [0.15, 0.2) is 6.10 Å². The van der Waals surface area contributed by atoms with E-state index in [1.54, 1.807) is 30.3 Å². The van der Waals surface area contributed by atoms with E-state index in [9.17, 15) is 18.0 Å². The zero-order valence-electron chi connectivity index (χ0n) is 17.6. The first-order chi connectivity index (χ1) is 15.4. The largest absolute Gasteiger partial charge is 0.451 e. The second-order valence-corrected chi connectivity index (χ2v) is 9.60. The Labute approximate surface area is 187 Å². The average molecular weight is 450 g/mol. The Kier molecular flexibility index (Phi) is 6.21. The summed E-state index contributed by atoms with van der Waals surface area (Å²) in [7, 11) is -3.69. The van der Waals surface area contributed by atoms with Crippen molar-refractivity contribution in [2.75, 3.05) is 6.54 Å². The van der Waals surface area contributed by atoms with Crippen molar-refractivity contribution >= 4 is 21.8 Å². The van der Waals surface area contributed by atoms with Gasteiger partial charge in [-0.05, 0) is 48.7 Å². The smallest absolute Gasteiger partial charge is 0.338 e. The number of ketones is 1. The van der Waals surface area contributed by atoms with E-state index in [4.69, 9.17) is 4.74 Å². The minimum atomic E-state index is -3.69. The van der Waals surface area contributed by atoms with Crippen LogP contribution in [0.25, 0.3) is 0 Å². The molecule has 0 saturated carbocycles. The molecule has 6 nitrogen and oxygen atoms in total. The van der Waals surface area contributed by atoms with Gasteiger partial charge in [-0.25, -0.2) is 13.2 Å². The summed E-state index contributed by atoms with van der Waals surface area (Å²) in [6, 6.07) is 22.0. The van der Waals surface area contributed by atoms with E-state index in [0.29, 0.717) is 25.1 Å². The van der Waals surface area contributed by atoms with Crippen LogP contribution >= 0.6 is 0 Å². The summed E-state index contributed by atoms with van der Waals surface area (Å²) in [5, 5.41) is 0. The van der Waals surface area contributed by atoms with Gasteiger partial charge in [0.1, 0.15) is 0 Å². The second-order valence-electron chi connectivity index (χ2n) is 7.66. The number of hydrogen-bond acceptors (Lipinski definition) is 5. The topological polar surface area (TPSA) is 80.8 Å². The Balaban J connectivity index is 1.44. The lowest BCUT2D eigenvalue weighted by atomic mass is 10.0. The molecule has 0 N–H and O–H groups in total. The molecule has 3 aromatic rings. The average Bonchev–Trinajstić information content (AvgIpc) is 2.83. The third-order valence-corrected chi connectivity index (χ3v) is 7.39. The summed E-state index contributed by atoms with van der Waals surface area (Å²) in [6.45, 7) is 2.24. The standard InChI is InChI=1S/C25H23NO5S/c1-18(24(27)20-8-3-2-4-9-20)31-25(28)21-11-13-23(14-12-21)32(29,30)26-16-15-19-7-5-6-10-22(19)17-26/h2-14,18H,15-17H2,1H3. The van der Waals surface area contributed by atoms with Gasteiger partial charge in [-0.1, -0.05) is 54.6 Å². The number of nitrogens with zero attached hydrogens (tertiary/aromatic N) is 1. The quantitative estimate of drug-likeness (QED) is 0.422. The van der Waals surface area contributed by atoms with Crippen molar-refractivity contribution in [3.63, 3.8) is 0 Å². The molecule has 164 valence electrons. The van der Waals surface area contributed by atoms with Crippen molar-refractivity contribution in [3.05, 3.63) is 101 Å². The van der Waals surface area contributed by atoms with Gasteiger partial charge in [-0.15, -0.1) is 0 Å². The van der Waals surface area contributed by atoms with E-state index >= 15 is 0 Å². The van der Waals surface area contributed by atoms with Gasteiger partial charge in [-0.2, -0.15) is 4.31 Å². The van der Waals surface area contributed by atoms with Crippen molar-refractivity contribution in [1.82, 2.24) is 4.31 Å². The minimum Gasteiger partial charge on any atom is -0.451 e. The Hall–Kier alpha value is -3.29. The van der Waals surface area contributed by atoms with Gasteiger partial charge in [0.25, 0.3) is 0 Å². The Morgan fingerprint density at radius 1 is 0.844 bits per heavy atom. The zero-order valence-corrected chi connectivity index (χ0v) is 18.4. The predicted molar refractivity (Wildman–Crippen MR) is 120 cm³/mol. The molecule has 0 aromatic heterocycles. The highest BCUT2D eigenvalue weighted by Gasteiger charge is 2.28. The number of fused-ring (bicyclic) bond motifs is 1. The predicted octanol–water partition coefficient (Wildman–Crippen LogP) is 3.86. The van der Waals surface area contributed by atoms with Gasteiger partial charge < -0.3 is 4.74 Å². The molecule has 7 heteroatoms. The highest BCUT2D eigenvalue weighted by atomic mass is 32.2. The Bertz CT molecular complexity index is 1240. The fourth-order valence-corrected chi connectivity index (χ4v) is 5.13. The number of carbonyl (C=O) groups is 2. The number of hydrogen-bond donors (Lipinski definition) is 0. The summed E-state index contributed by atoms with van der Waals surface area (Å²) in [5.74, 6) is -0.985. The van der Waals surface area contributed by atoms with E-state index in [-0.39, 0.29) is 16.2 Å². The van der Waals surface area contributed by atoms with E-state index in [1.165, 1.54) is 35.5 Å². The maximum Gasteiger partial charge on any atom is 0.338 e. The number of rotatable bonds is 6. The molecule has 1 heterocycles. The number of esters is 1. The monoisotopic (exact) mass is 449 g/mol. The van der Waals surface area contributed by atoms with E-state index in [1.807, 2.05) is 24.3 Å². The fraction of sp³-hybridized carbons (Fsp3) is 0.200. The molecule has 0 amide bonds. The number of carbonyl (C=O) groups excluding carboxylic acids is 2. The van der Waals surface area contributed by atoms with Crippen LogP contribution in [0, 0.1) is 0 Å². The van der Waals surface area contributed by atoms with Crippen LogP contribution in [0.4, 0.5) is 0 Å². The van der Waals surface area contributed by atoms with Crippen LogP contribution < -0.4 is 0 Å². The van der Waals surface area contributed by atoms with Gasteiger partial charge in [0, 0.05) is 18.7 Å². The molecule has 1 atom stereocenters. The Morgan fingerprint density at radius 3 is 2.16 bits per heavy atom. The van der Waals surface area contributed by atoms with Crippen molar-refractivity contribution in [1.29, 1.82) is 0 Å². The van der Waals surface area contributed by atoms with Crippen LogP contribution in [0.5, 0.6) is 0 Å². The van der Waals surface area contributed by atoms with Crippen LogP contribution in [0.2, 0.25) is 0 Å². The van der Waals surface area contributed by atoms with Crippen molar-refractivity contribution in [2.45, 2.75) is 30.9 Å². The van der Waals surface area contributed by atoms with Crippen molar-refractivity contribution < 1.29 is 22.7 Å². The van der Waals surface area contributed by atoms with Crippen molar-refractivity contribution in [3.8, 4) is 0 Å². The van der Waals surface area contributed by atoms with E-state index in [0.717, 1.165) is 11.1 Å². The summed E-state index contributed by atoms with van der Waals surface area (Å²) in [6.07, 6.45) is -0.297. The van der Waals surface area contributed by atoms with Gasteiger partial charge in [-0.3, -0.25) is 4.79 Å². The molecule has 0 spiro atoms. The van der Waals surface area contributed by atoms with E-state index in [2.05, 4.69) is 0 Å². The van der Waals surface area contributed by atoms with Gasteiger partial charge in [0.05, 0.1) is 10.5 Å². The maximum absolute atomic E-state index is 13.1. The van der Waals surface area contributed by atoms with Crippen LogP contribution in [0.3, 0.4) is 0 Å². The molecule has 4 rings (SSSR count). The lowest BCUT2D eigenvalue weighted by molar-refractivity contribution is 0.0318. The summed E-state index contributed by atoms with van der Waals surface area (Å²) in [4.78, 5) is 25.0. The molecule has 1 unspecified atom stereocenters. The first kappa shape index (κ1) is 21.9. The minimum absolute atomic E-state index is 0.113. The number of benzene rings is 3. The first-order valence-corrected chi connectivity index (χ1v) is 11.8. The Morgan fingerprint density at radius 2 is 1.47 bits per heavy atom. The lowest BCUT2D eigenvalue weighted by Gasteiger charge is -2.28.